The van der Waals surface area contributed by atoms with Crippen LogP contribution < -0.4 is 0 Å². The fraction of sp³-hybridized carbons (Fsp3) is 0.953. The third-order valence-corrected chi connectivity index (χ3v) is 22.3. The highest BCUT2D eigenvalue weighted by Crippen LogP contribution is 2.45. The second-order valence-electron chi connectivity index (χ2n) is 30.8. The first-order chi connectivity index (χ1) is 50.6. The van der Waals surface area contributed by atoms with E-state index in [0.29, 0.717) is 25.7 Å². The lowest BCUT2D eigenvalue weighted by molar-refractivity contribution is -0.161. The first-order valence-electron chi connectivity index (χ1n) is 44.2. The van der Waals surface area contributed by atoms with Gasteiger partial charge in [-0.1, -0.05) is 407 Å². The summed E-state index contributed by atoms with van der Waals surface area (Å²) in [5.41, 5.74) is 0. The van der Waals surface area contributed by atoms with Crippen molar-refractivity contribution in [3.05, 3.63) is 0 Å². The fourth-order valence-corrected chi connectivity index (χ4v) is 14.8. The number of rotatable bonds is 85. The lowest BCUT2D eigenvalue weighted by atomic mass is 9.99. The monoisotopic (exact) mass is 1520 g/mol. The molecule has 0 aliphatic rings. The number of carbonyl (C=O) groups is 4. The summed E-state index contributed by atoms with van der Waals surface area (Å²) >= 11 is 0. The summed E-state index contributed by atoms with van der Waals surface area (Å²) < 4.78 is 68.9. The Morgan fingerprint density at radius 1 is 0.269 bits per heavy atom. The van der Waals surface area contributed by atoms with Crippen molar-refractivity contribution in [2.75, 3.05) is 39.6 Å². The Hall–Kier alpha value is -1.94. The Balaban J connectivity index is 5.26. The van der Waals surface area contributed by atoms with Gasteiger partial charge in [-0.2, -0.15) is 0 Å². The van der Waals surface area contributed by atoms with E-state index >= 15 is 0 Å². The molecule has 0 saturated carbocycles. The number of phosphoric acid groups is 2. The van der Waals surface area contributed by atoms with Gasteiger partial charge in [-0.3, -0.25) is 37.3 Å². The smallest absolute Gasteiger partial charge is 0.462 e. The highest BCUT2D eigenvalue weighted by molar-refractivity contribution is 7.47. The molecule has 618 valence electrons. The molecule has 0 amide bonds. The number of aliphatic hydroxyl groups excluding tert-OH is 1. The highest BCUT2D eigenvalue weighted by atomic mass is 31.2. The number of hydrogen-bond donors (Lipinski definition) is 3. The van der Waals surface area contributed by atoms with Crippen LogP contribution in [0, 0.1) is 5.92 Å². The molecule has 0 aliphatic carbocycles. The van der Waals surface area contributed by atoms with E-state index in [9.17, 15) is 43.2 Å². The van der Waals surface area contributed by atoms with Crippen molar-refractivity contribution in [3.8, 4) is 0 Å². The molecule has 0 aromatic carbocycles. The van der Waals surface area contributed by atoms with Crippen molar-refractivity contribution in [1.82, 2.24) is 0 Å². The summed E-state index contributed by atoms with van der Waals surface area (Å²) in [6.07, 6.45) is 70.6. The molecule has 0 rings (SSSR count). The van der Waals surface area contributed by atoms with E-state index in [0.717, 1.165) is 95.8 Å². The third-order valence-electron chi connectivity index (χ3n) is 20.4. The summed E-state index contributed by atoms with van der Waals surface area (Å²) in [6, 6.07) is 0. The summed E-state index contributed by atoms with van der Waals surface area (Å²) in [6.45, 7) is 7.39. The molecule has 0 heterocycles. The molecule has 3 unspecified atom stereocenters. The number of ether oxygens (including phenoxy) is 4. The zero-order valence-corrected chi connectivity index (χ0v) is 70.0. The first-order valence-corrected chi connectivity index (χ1v) is 47.2. The lowest BCUT2D eigenvalue weighted by Gasteiger charge is -2.21. The number of esters is 4. The standard InChI is InChI=1S/C85H166O17P2/c1-6-10-13-16-19-22-25-28-30-32-34-36-38-41-44-50-55-60-65-70-84(89)101-80(74-96-83(88)69-64-59-54-49-43-40-37-35-33-31-29-26-23-20-17-14-11-7-2)76-99-103(91,92)97-72-79(86)73-98-104(93,94)100-77-81(75-95-82(87)68-63-58-53-48-42-39-27-24-21-18-15-12-8-3)102-85(90)71-66-61-56-51-46-45-47-52-57-62-67-78(5)9-4/h78-81,86H,6-77H2,1-5H3,(H,91,92)(H,93,94)/t78?,79-,80-,81-/m1/s1. The SMILES string of the molecule is CCCCCCCCCCCCCCCCCCCCCC(=O)O[C@H](COC(=O)CCCCCCCCCCCCCCCCCCCC)COP(=O)(O)OC[C@@H](O)COP(=O)(O)OC[C@@H](COC(=O)CCCCCCCCCCCCCCC)OC(=O)CCCCCCCCCCCCC(C)CC. The van der Waals surface area contributed by atoms with E-state index in [-0.39, 0.29) is 25.7 Å². The normalized spacial score (nSPS) is 14.0. The van der Waals surface area contributed by atoms with Gasteiger partial charge in [-0.05, 0) is 31.6 Å². The fourth-order valence-electron chi connectivity index (χ4n) is 13.3. The average Bonchev–Trinajstić information content (AvgIpc) is 0.906. The van der Waals surface area contributed by atoms with Gasteiger partial charge in [0.25, 0.3) is 0 Å². The van der Waals surface area contributed by atoms with Crippen LogP contribution in [0.25, 0.3) is 0 Å². The molecule has 6 atom stereocenters. The minimum absolute atomic E-state index is 0.107. The van der Waals surface area contributed by atoms with Crippen molar-refractivity contribution < 1.29 is 80.2 Å². The Bertz CT molecular complexity index is 1980. The van der Waals surface area contributed by atoms with Gasteiger partial charge in [0, 0.05) is 25.7 Å². The van der Waals surface area contributed by atoms with E-state index in [4.69, 9.17) is 37.0 Å². The predicted octanol–water partition coefficient (Wildman–Crippen LogP) is 26.0. The number of unbranched alkanes of at least 4 members (excludes halogenated alkanes) is 56. The van der Waals surface area contributed by atoms with Crippen molar-refractivity contribution in [2.24, 2.45) is 5.92 Å². The van der Waals surface area contributed by atoms with Crippen molar-refractivity contribution >= 4 is 39.5 Å². The van der Waals surface area contributed by atoms with Crippen molar-refractivity contribution in [1.29, 1.82) is 0 Å². The van der Waals surface area contributed by atoms with Gasteiger partial charge in [-0.25, -0.2) is 9.13 Å². The number of carbonyl (C=O) groups excluding carboxylic acids is 4. The van der Waals surface area contributed by atoms with Crippen LogP contribution in [0.1, 0.15) is 458 Å². The Labute approximate surface area is 638 Å². The number of aliphatic hydroxyl groups is 1. The predicted molar refractivity (Wildman–Crippen MR) is 428 cm³/mol. The zero-order chi connectivity index (χ0) is 76.2. The molecule has 104 heavy (non-hydrogen) atoms. The summed E-state index contributed by atoms with van der Waals surface area (Å²) in [7, 11) is -9.93. The molecule has 0 radical (unpaired) electrons. The molecule has 0 aromatic heterocycles. The first kappa shape index (κ1) is 102. The minimum atomic E-state index is -4.96. The second kappa shape index (κ2) is 77.8. The Kier molecular flexibility index (Phi) is 76.3. The van der Waals surface area contributed by atoms with Gasteiger partial charge < -0.3 is 33.8 Å². The van der Waals surface area contributed by atoms with E-state index in [1.54, 1.807) is 0 Å². The van der Waals surface area contributed by atoms with Crippen LogP contribution in [0.2, 0.25) is 0 Å². The highest BCUT2D eigenvalue weighted by Gasteiger charge is 2.30. The quantitative estimate of drug-likeness (QED) is 0.0222. The van der Waals surface area contributed by atoms with Gasteiger partial charge >= 0.3 is 39.5 Å². The molecule has 0 aromatic rings. The van der Waals surface area contributed by atoms with Crippen LogP contribution in [0.4, 0.5) is 0 Å². The van der Waals surface area contributed by atoms with Crippen LogP contribution in [0.5, 0.6) is 0 Å². The molecule has 19 heteroatoms. The molecule has 17 nitrogen and oxygen atoms in total. The van der Waals surface area contributed by atoms with Crippen LogP contribution in [0.3, 0.4) is 0 Å². The maximum absolute atomic E-state index is 13.1. The zero-order valence-electron chi connectivity index (χ0n) is 68.2. The maximum atomic E-state index is 13.1. The largest absolute Gasteiger partial charge is 0.472 e. The molecule has 0 spiro atoms. The second-order valence-corrected chi connectivity index (χ2v) is 33.7. The maximum Gasteiger partial charge on any atom is 0.472 e. The summed E-state index contributed by atoms with van der Waals surface area (Å²) in [4.78, 5) is 73.2. The Morgan fingerprint density at radius 2 is 0.462 bits per heavy atom. The van der Waals surface area contributed by atoms with Crippen LogP contribution in [0.15, 0.2) is 0 Å². The number of hydrogen-bond acceptors (Lipinski definition) is 15. The van der Waals surface area contributed by atoms with Gasteiger partial charge in [0.2, 0.25) is 0 Å². The van der Waals surface area contributed by atoms with E-state index in [1.807, 2.05) is 0 Å². The van der Waals surface area contributed by atoms with Gasteiger partial charge in [0.15, 0.2) is 12.2 Å². The molecule has 0 aliphatic heterocycles. The third kappa shape index (κ3) is 76.8. The van der Waals surface area contributed by atoms with Gasteiger partial charge in [0.1, 0.15) is 19.3 Å². The van der Waals surface area contributed by atoms with Gasteiger partial charge in [-0.15, -0.1) is 0 Å². The molecular weight excluding hydrogens is 1350 g/mol. The topological polar surface area (TPSA) is 237 Å². The van der Waals surface area contributed by atoms with Gasteiger partial charge in [0.05, 0.1) is 26.4 Å². The van der Waals surface area contributed by atoms with Crippen LogP contribution >= 0.6 is 15.6 Å². The molecular formula is C85H166O17P2. The van der Waals surface area contributed by atoms with E-state index < -0.39 is 97.5 Å². The van der Waals surface area contributed by atoms with Crippen LogP contribution in [-0.4, -0.2) is 96.7 Å². The molecule has 0 bridgehead atoms. The minimum Gasteiger partial charge on any atom is -0.462 e. The summed E-state index contributed by atoms with van der Waals surface area (Å²) in [5, 5.41) is 10.7. The average molecular weight is 1520 g/mol. The van der Waals surface area contributed by atoms with E-state index in [2.05, 4.69) is 34.6 Å². The molecule has 0 saturated heterocycles. The van der Waals surface area contributed by atoms with E-state index in [1.165, 1.54) is 283 Å². The number of phosphoric ester groups is 2. The summed E-state index contributed by atoms with van der Waals surface area (Å²) in [5.74, 6) is -1.30. The van der Waals surface area contributed by atoms with Crippen molar-refractivity contribution in [3.63, 3.8) is 0 Å². The molecule has 3 N–H and O–H groups in total. The Morgan fingerprint density at radius 3 is 0.683 bits per heavy atom. The van der Waals surface area contributed by atoms with Crippen molar-refractivity contribution in [2.45, 2.75) is 477 Å². The lowest BCUT2D eigenvalue weighted by Crippen LogP contribution is -2.30. The van der Waals surface area contributed by atoms with Crippen LogP contribution in [-0.2, 0) is 65.4 Å². The molecule has 0 fully saturated rings.